The Kier molecular flexibility index (Phi) is 7.39. The van der Waals surface area contributed by atoms with Gasteiger partial charge in [0.25, 0.3) is 5.91 Å². The van der Waals surface area contributed by atoms with Gasteiger partial charge in [-0.05, 0) is 75.6 Å². The second-order valence-corrected chi connectivity index (χ2v) is 11.6. The zero-order chi connectivity index (χ0) is 27.0. The Balaban J connectivity index is 1.69. The van der Waals surface area contributed by atoms with Gasteiger partial charge in [0, 0.05) is 24.7 Å². The van der Waals surface area contributed by atoms with Gasteiger partial charge in [-0.2, -0.15) is 0 Å². The molecular weight excluding hydrogens is 493 g/mol. The summed E-state index contributed by atoms with van der Waals surface area (Å²) >= 11 is 0. The Bertz CT molecular complexity index is 1420. The topological polar surface area (TPSA) is 88.6 Å². The first-order valence-electron chi connectivity index (χ1n) is 12.3. The van der Waals surface area contributed by atoms with Crippen LogP contribution >= 0.6 is 0 Å². The highest BCUT2D eigenvalue weighted by Crippen LogP contribution is 2.39. The van der Waals surface area contributed by atoms with Gasteiger partial charge in [0.1, 0.15) is 11.4 Å². The minimum atomic E-state index is -3.86. The fourth-order valence-electron chi connectivity index (χ4n) is 4.50. The standard InChI is InChI=1S/C28H32FN3O4S/c1-6-19-9-11-21(12-10-19)37(34,35)31-24-16-28(4,5)36-26-22(24)15-20(17-30-26)27(33)32(7-2)25-13-8-18(3)14-23(25)29/h8-15,17,24,31H,6-7,16H2,1-5H3/t24-/m0/s1. The number of ether oxygens (including phenoxy) is 1. The van der Waals surface area contributed by atoms with Crippen LogP contribution < -0.4 is 14.4 Å². The van der Waals surface area contributed by atoms with Crippen molar-refractivity contribution in [2.45, 2.75) is 64.0 Å². The van der Waals surface area contributed by atoms with Gasteiger partial charge >= 0.3 is 0 Å². The van der Waals surface area contributed by atoms with E-state index in [1.165, 1.54) is 17.2 Å². The van der Waals surface area contributed by atoms with E-state index in [0.717, 1.165) is 17.5 Å². The minimum absolute atomic E-state index is 0.155. The van der Waals surface area contributed by atoms with Gasteiger partial charge in [-0.3, -0.25) is 4.79 Å². The largest absolute Gasteiger partial charge is 0.471 e. The number of aryl methyl sites for hydroxylation is 2. The maximum absolute atomic E-state index is 14.7. The van der Waals surface area contributed by atoms with Gasteiger partial charge in [0.15, 0.2) is 0 Å². The van der Waals surface area contributed by atoms with Crippen LogP contribution in [-0.2, 0) is 16.4 Å². The average Bonchev–Trinajstić information content (AvgIpc) is 2.84. The van der Waals surface area contributed by atoms with Crippen LogP contribution in [0, 0.1) is 12.7 Å². The molecule has 1 atom stereocenters. The van der Waals surface area contributed by atoms with Crippen molar-refractivity contribution in [3.63, 3.8) is 0 Å². The van der Waals surface area contributed by atoms with E-state index >= 15 is 0 Å². The summed E-state index contributed by atoms with van der Waals surface area (Å²) in [6, 6.07) is 12.3. The number of carbonyl (C=O) groups excluding carboxylic acids is 1. The number of fused-ring (bicyclic) bond motifs is 1. The van der Waals surface area contributed by atoms with Gasteiger partial charge in [0.2, 0.25) is 15.9 Å². The lowest BCUT2D eigenvalue weighted by molar-refractivity contribution is 0.0640. The Morgan fingerprint density at radius 2 is 1.86 bits per heavy atom. The summed E-state index contributed by atoms with van der Waals surface area (Å²) in [6.45, 7) is 9.49. The van der Waals surface area contributed by atoms with Crippen LogP contribution in [0.25, 0.3) is 0 Å². The number of halogens is 1. The molecule has 0 unspecified atom stereocenters. The van der Waals surface area contributed by atoms with Crippen LogP contribution in [0.1, 0.15) is 67.2 Å². The van der Waals surface area contributed by atoms with Crippen molar-refractivity contribution in [2.75, 3.05) is 11.4 Å². The molecule has 1 aliphatic heterocycles. The number of nitrogens with zero attached hydrogens (tertiary/aromatic N) is 2. The molecule has 1 aliphatic rings. The second-order valence-electron chi connectivity index (χ2n) is 9.86. The summed E-state index contributed by atoms with van der Waals surface area (Å²) in [7, 11) is -3.86. The number of carbonyl (C=O) groups is 1. The van der Waals surface area contributed by atoms with Crippen LogP contribution in [-0.4, -0.2) is 31.5 Å². The third-order valence-corrected chi connectivity index (χ3v) is 7.95. The lowest BCUT2D eigenvalue weighted by Gasteiger charge is -2.37. The van der Waals surface area contributed by atoms with E-state index in [9.17, 15) is 17.6 Å². The predicted molar refractivity (Wildman–Crippen MR) is 141 cm³/mol. The van der Waals surface area contributed by atoms with E-state index in [1.54, 1.807) is 56.3 Å². The molecule has 9 heteroatoms. The van der Waals surface area contributed by atoms with Crippen molar-refractivity contribution in [3.05, 3.63) is 82.8 Å². The van der Waals surface area contributed by atoms with Crippen LogP contribution in [0.3, 0.4) is 0 Å². The third-order valence-electron chi connectivity index (χ3n) is 6.46. The molecule has 2 heterocycles. The average molecular weight is 526 g/mol. The molecule has 0 saturated heterocycles. The van der Waals surface area contributed by atoms with E-state index in [4.69, 9.17) is 4.74 Å². The highest BCUT2D eigenvalue weighted by Gasteiger charge is 2.38. The van der Waals surface area contributed by atoms with E-state index in [-0.39, 0.29) is 28.6 Å². The third kappa shape index (κ3) is 5.67. The number of benzene rings is 2. The normalized spacial score (nSPS) is 16.5. The molecule has 0 fully saturated rings. The number of amides is 1. The smallest absolute Gasteiger partial charge is 0.259 e. The number of hydrogen-bond acceptors (Lipinski definition) is 5. The molecule has 0 spiro atoms. The number of sulfonamides is 1. The van der Waals surface area contributed by atoms with E-state index in [1.807, 2.05) is 20.8 Å². The molecule has 1 N–H and O–H groups in total. The van der Waals surface area contributed by atoms with Gasteiger partial charge in [-0.15, -0.1) is 0 Å². The molecule has 1 aromatic heterocycles. The van der Waals surface area contributed by atoms with Crippen molar-refractivity contribution >= 4 is 21.6 Å². The predicted octanol–water partition coefficient (Wildman–Crippen LogP) is 5.34. The van der Waals surface area contributed by atoms with Crippen LogP contribution in [0.4, 0.5) is 10.1 Å². The molecule has 37 heavy (non-hydrogen) atoms. The summed E-state index contributed by atoms with van der Waals surface area (Å²) in [6.07, 6.45) is 2.51. The molecule has 196 valence electrons. The fourth-order valence-corrected chi connectivity index (χ4v) is 5.72. The zero-order valence-electron chi connectivity index (χ0n) is 21.7. The summed E-state index contributed by atoms with van der Waals surface area (Å²) < 4.78 is 50.0. The second kappa shape index (κ2) is 10.2. The first-order chi connectivity index (χ1) is 17.4. The molecule has 7 nitrogen and oxygen atoms in total. The molecule has 0 bridgehead atoms. The van der Waals surface area contributed by atoms with Gasteiger partial charge in [-0.1, -0.05) is 25.1 Å². The summed E-state index contributed by atoms with van der Waals surface area (Å²) in [5.74, 6) is -0.681. The first-order valence-corrected chi connectivity index (χ1v) is 13.8. The quantitative estimate of drug-likeness (QED) is 0.450. The minimum Gasteiger partial charge on any atom is -0.471 e. The van der Waals surface area contributed by atoms with Crippen molar-refractivity contribution in [1.82, 2.24) is 9.71 Å². The summed E-state index contributed by atoms with van der Waals surface area (Å²) in [5, 5.41) is 0. The van der Waals surface area contributed by atoms with Crippen LogP contribution in [0.15, 0.2) is 59.6 Å². The molecule has 2 aromatic carbocycles. The van der Waals surface area contributed by atoms with Crippen LogP contribution in [0.2, 0.25) is 0 Å². The van der Waals surface area contributed by atoms with Crippen molar-refractivity contribution in [1.29, 1.82) is 0 Å². The van der Waals surface area contributed by atoms with Crippen LogP contribution in [0.5, 0.6) is 5.88 Å². The summed E-state index contributed by atoms with van der Waals surface area (Å²) in [4.78, 5) is 19.3. The van der Waals surface area contributed by atoms with Crippen molar-refractivity contribution < 1.29 is 22.3 Å². The molecule has 0 aliphatic carbocycles. The lowest BCUT2D eigenvalue weighted by Crippen LogP contribution is -2.42. The van der Waals surface area contributed by atoms with E-state index in [2.05, 4.69) is 9.71 Å². The molecule has 1 amide bonds. The highest BCUT2D eigenvalue weighted by atomic mass is 32.2. The lowest BCUT2D eigenvalue weighted by atomic mass is 9.91. The Morgan fingerprint density at radius 1 is 1.16 bits per heavy atom. The molecule has 3 aromatic rings. The molecule has 0 radical (unpaired) electrons. The Morgan fingerprint density at radius 3 is 2.49 bits per heavy atom. The highest BCUT2D eigenvalue weighted by molar-refractivity contribution is 7.89. The molecule has 4 rings (SSSR count). The monoisotopic (exact) mass is 525 g/mol. The van der Waals surface area contributed by atoms with Crippen molar-refractivity contribution in [3.8, 4) is 5.88 Å². The number of hydrogen-bond donors (Lipinski definition) is 1. The van der Waals surface area contributed by atoms with Crippen molar-refractivity contribution in [2.24, 2.45) is 0 Å². The molecular formula is C28H32FN3O4S. The summed E-state index contributed by atoms with van der Waals surface area (Å²) in [5.41, 5.74) is 1.93. The van der Waals surface area contributed by atoms with Gasteiger partial charge < -0.3 is 9.64 Å². The number of rotatable bonds is 7. The number of anilines is 1. The zero-order valence-corrected chi connectivity index (χ0v) is 22.5. The number of nitrogens with one attached hydrogen (secondary N) is 1. The molecule has 0 saturated carbocycles. The number of pyridine rings is 1. The van der Waals surface area contributed by atoms with Gasteiger partial charge in [0.05, 0.1) is 22.2 Å². The van der Waals surface area contributed by atoms with Gasteiger partial charge in [-0.25, -0.2) is 22.5 Å². The maximum atomic E-state index is 14.7. The Hall–Kier alpha value is -3.30. The van der Waals surface area contributed by atoms with E-state index < -0.39 is 33.4 Å². The first kappa shape index (κ1) is 26.8. The Labute approximate surface area is 217 Å². The SMILES string of the molecule is CCc1ccc(S(=O)(=O)N[C@H]2CC(C)(C)Oc3ncc(C(=O)N(CC)c4ccc(C)cc4F)cc32)cc1. The van der Waals surface area contributed by atoms with E-state index in [0.29, 0.717) is 12.0 Å². The maximum Gasteiger partial charge on any atom is 0.259 e. The number of aromatic nitrogens is 1. The fraction of sp³-hybridized carbons (Fsp3) is 0.357.